The second-order valence-electron chi connectivity index (χ2n) is 3.76. The van der Waals surface area contributed by atoms with Crippen molar-refractivity contribution in [3.8, 4) is 0 Å². The van der Waals surface area contributed by atoms with Crippen LogP contribution in [-0.2, 0) is 6.42 Å². The van der Waals surface area contributed by atoms with Crippen LogP contribution in [0.15, 0.2) is 18.2 Å². The molecule has 2 aromatic rings. The van der Waals surface area contributed by atoms with Gasteiger partial charge in [-0.1, -0.05) is 23.7 Å². The van der Waals surface area contributed by atoms with Gasteiger partial charge in [-0.05, 0) is 25.0 Å². The Hall–Kier alpha value is -1.06. The van der Waals surface area contributed by atoms with Crippen LogP contribution in [0.3, 0.4) is 0 Å². The van der Waals surface area contributed by atoms with Gasteiger partial charge in [0.2, 0.25) is 0 Å². The SMILES string of the molecule is CC(N)Cc1c(Cl)[nH]c2c(F)cccc12. The summed E-state index contributed by atoms with van der Waals surface area (Å²) in [6.45, 7) is 1.90. The highest BCUT2D eigenvalue weighted by atomic mass is 35.5. The van der Waals surface area contributed by atoms with E-state index in [4.69, 9.17) is 17.3 Å². The molecule has 15 heavy (non-hydrogen) atoms. The van der Waals surface area contributed by atoms with Crippen molar-refractivity contribution in [2.24, 2.45) is 5.73 Å². The van der Waals surface area contributed by atoms with E-state index in [1.807, 2.05) is 13.0 Å². The maximum absolute atomic E-state index is 13.4. The average molecular weight is 227 g/mol. The molecule has 1 heterocycles. The summed E-state index contributed by atoms with van der Waals surface area (Å²) >= 11 is 6.01. The number of hydrogen-bond donors (Lipinski definition) is 2. The van der Waals surface area contributed by atoms with Crippen molar-refractivity contribution in [1.29, 1.82) is 0 Å². The van der Waals surface area contributed by atoms with Crippen molar-refractivity contribution in [3.05, 3.63) is 34.7 Å². The van der Waals surface area contributed by atoms with Crippen molar-refractivity contribution in [2.75, 3.05) is 0 Å². The van der Waals surface area contributed by atoms with Crippen LogP contribution in [0.2, 0.25) is 5.15 Å². The lowest BCUT2D eigenvalue weighted by atomic mass is 10.1. The predicted octanol–water partition coefficient (Wildman–Crippen LogP) is 2.85. The third-order valence-electron chi connectivity index (χ3n) is 2.36. The van der Waals surface area contributed by atoms with Crippen LogP contribution in [0.5, 0.6) is 0 Å². The molecule has 4 heteroatoms. The Labute approximate surface area is 92.2 Å². The molecule has 1 aromatic carbocycles. The number of para-hydroxylation sites is 1. The molecule has 1 aromatic heterocycles. The van der Waals surface area contributed by atoms with Crippen molar-refractivity contribution in [2.45, 2.75) is 19.4 Å². The molecule has 0 aliphatic carbocycles. The fourth-order valence-electron chi connectivity index (χ4n) is 1.73. The van der Waals surface area contributed by atoms with Gasteiger partial charge in [-0.3, -0.25) is 0 Å². The molecule has 80 valence electrons. The first-order chi connectivity index (χ1) is 7.09. The van der Waals surface area contributed by atoms with Gasteiger partial charge in [0.15, 0.2) is 0 Å². The van der Waals surface area contributed by atoms with Crippen molar-refractivity contribution in [1.82, 2.24) is 4.98 Å². The maximum Gasteiger partial charge on any atom is 0.147 e. The van der Waals surface area contributed by atoms with E-state index in [0.29, 0.717) is 17.1 Å². The van der Waals surface area contributed by atoms with Gasteiger partial charge >= 0.3 is 0 Å². The van der Waals surface area contributed by atoms with E-state index < -0.39 is 0 Å². The first-order valence-corrected chi connectivity index (χ1v) is 5.17. The molecule has 0 aliphatic rings. The zero-order valence-corrected chi connectivity index (χ0v) is 9.11. The summed E-state index contributed by atoms with van der Waals surface area (Å²) in [6.07, 6.45) is 0.641. The van der Waals surface area contributed by atoms with Crippen molar-refractivity contribution in [3.63, 3.8) is 0 Å². The molecule has 0 saturated carbocycles. The number of nitrogens with two attached hydrogens (primary N) is 1. The molecule has 0 aliphatic heterocycles. The van der Waals surface area contributed by atoms with Crippen LogP contribution in [0.25, 0.3) is 10.9 Å². The third-order valence-corrected chi connectivity index (χ3v) is 2.69. The fourth-order valence-corrected chi connectivity index (χ4v) is 2.00. The molecule has 2 rings (SSSR count). The highest BCUT2D eigenvalue weighted by Crippen LogP contribution is 2.28. The number of nitrogens with one attached hydrogen (secondary N) is 1. The van der Waals surface area contributed by atoms with Crippen LogP contribution < -0.4 is 5.73 Å². The molecule has 3 N–H and O–H groups in total. The molecule has 0 spiro atoms. The van der Waals surface area contributed by atoms with Gasteiger partial charge in [-0.25, -0.2) is 4.39 Å². The van der Waals surface area contributed by atoms with Crippen molar-refractivity contribution < 1.29 is 4.39 Å². The molecule has 0 amide bonds. The van der Waals surface area contributed by atoms with Crippen LogP contribution in [0.4, 0.5) is 4.39 Å². The largest absolute Gasteiger partial charge is 0.343 e. The van der Waals surface area contributed by atoms with Gasteiger partial charge in [-0.2, -0.15) is 0 Å². The monoisotopic (exact) mass is 226 g/mol. The van der Waals surface area contributed by atoms with Crippen LogP contribution in [0.1, 0.15) is 12.5 Å². The number of hydrogen-bond acceptors (Lipinski definition) is 1. The Morgan fingerprint density at radius 1 is 1.53 bits per heavy atom. The van der Waals surface area contributed by atoms with E-state index in [1.54, 1.807) is 6.07 Å². The van der Waals surface area contributed by atoms with E-state index >= 15 is 0 Å². The zero-order valence-electron chi connectivity index (χ0n) is 8.35. The summed E-state index contributed by atoms with van der Waals surface area (Å²) in [5.41, 5.74) is 7.06. The maximum atomic E-state index is 13.4. The van der Waals surface area contributed by atoms with E-state index in [1.165, 1.54) is 6.07 Å². The molecule has 0 saturated heterocycles. The Balaban J connectivity index is 2.63. The molecule has 1 unspecified atom stereocenters. The normalized spacial score (nSPS) is 13.3. The summed E-state index contributed by atoms with van der Waals surface area (Å²) < 4.78 is 13.4. The fraction of sp³-hybridized carbons (Fsp3) is 0.273. The van der Waals surface area contributed by atoms with Crippen LogP contribution in [-0.4, -0.2) is 11.0 Å². The smallest absolute Gasteiger partial charge is 0.147 e. The summed E-state index contributed by atoms with van der Waals surface area (Å²) in [4.78, 5) is 2.84. The van der Waals surface area contributed by atoms with Gasteiger partial charge in [0.1, 0.15) is 11.0 Å². The van der Waals surface area contributed by atoms with Crippen LogP contribution >= 0.6 is 11.6 Å². The number of aromatic nitrogens is 1. The molecule has 0 bridgehead atoms. The van der Waals surface area contributed by atoms with Gasteiger partial charge in [0.25, 0.3) is 0 Å². The Bertz CT molecular complexity index is 491. The highest BCUT2D eigenvalue weighted by Gasteiger charge is 2.13. The number of H-pyrrole nitrogens is 1. The molecule has 0 fully saturated rings. The number of fused-ring (bicyclic) bond motifs is 1. The van der Waals surface area contributed by atoms with Gasteiger partial charge in [0, 0.05) is 11.4 Å². The number of aromatic amines is 1. The summed E-state index contributed by atoms with van der Waals surface area (Å²) in [5.74, 6) is -0.287. The van der Waals surface area contributed by atoms with Gasteiger partial charge < -0.3 is 10.7 Å². The second-order valence-corrected chi connectivity index (χ2v) is 4.14. The Morgan fingerprint density at radius 3 is 2.93 bits per heavy atom. The van der Waals surface area contributed by atoms with Gasteiger partial charge in [0.05, 0.1) is 5.52 Å². The number of halogens is 2. The minimum Gasteiger partial charge on any atom is -0.343 e. The molecular weight excluding hydrogens is 215 g/mol. The first kappa shape index (κ1) is 10.5. The van der Waals surface area contributed by atoms with Crippen LogP contribution in [0, 0.1) is 5.82 Å². The number of benzene rings is 1. The lowest BCUT2D eigenvalue weighted by Crippen LogP contribution is -2.17. The Morgan fingerprint density at radius 2 is 2.27 bits per heavy atom. The molecular formula is C11H12ClFN2. The summed E-state index contributed by atoms with van der Waals surface area (Å²) in [7, 11) is 0. The number of rotatable bonds is 2. The van der Waals surface area contributed by atoms with Crippen molar-refractivity contribution >= 4 is 22.5 Å². The zero-order chi connectivity index (χ0) is 11.0. The molecule has 0 radical (unpaired) electrons. The second kappa shape index (κ2) is 3.83. The highest BCUT2D eigenvalue weighted by molar-refractivity contribution is 6.31. The van der Waals surface area contributed by atoms with E-state index in [-0.39, 0.29) is 11.9 Å². The lowest BCUT2D eigenvalue weighted by Gasteiger charge is -2.03. The minimum absolute atomic E-state index is 0.00441. The predicted molar refractivity (Wildman–Crippen MR) is 60.6 cm³/mol. The average Bonchev–Trinajstić information content (AvgIpc) is 2.45. The molecule has 2 nitrogen and oxygen atoms in total. The van der Waals surface area contributed by atoms with E-state index in [2.05, 4.69) is 4.98 Å². The Kier molecular flexibility index (Phi) is 2.67. The summed E-state index contributed by atoms with van der Waals surface area (Å²) in [5, 5.41) is 1.30. The topological polar surface area (TPSA) is 41.8 Å². The van der Waals surface area contributed by atoms with Gasteiger partial charge in [-0.15, -0.1) is 0 Å². The first-order valence-electron chi connectivity index (χ1n) is 4.79. The quantitative estimate of drug-likeness (QED) is 0.813. The standard InChI is InChI=1S/C11H12ClFN2/c1-6(14)5-8-7-3-2-4-9(13)10(7)15-11(8)12/h2-4,6,15H,5,14H2,1H3. The van der Waals surface area contributed by atoms with E-state index in [0.717, 1.165) is 10.9 Å². The lowest BCUT2D eigenvalue weighted by molar-refractivity contribution is 0.637. The third kappa shape index (κ3) is 1.85. The minimum atomic E-state index is -0.287. The van der Waals surface area contributed by atoms with E-state index in [9.17, 15) is 4.39 Å². The summed E-state index contributed by atoms with van der Waals surface area (Å²) in [6, 6.07) is 4.93. The molecule has 1 atom stereocenters.